The summed E-state index contributed by atoms with van der Waals surface area (Å²) in [5.41, 5.74) is 1.77. The minimum atomic E-state index is -3.33. The summed E-state index contributed by atoms with van der Waals surface area (Å²) < 4.78 is 31.1. The fourth-order valence-corrected chi connectivity index (χ4v) is 4.42. The molecule has 0 bridgehead atoms. The van der Waals surface area contributed by atoms with Gasteiger partial charge in [0.25, 0.3) is 5.91 Å². The number of benzene rings is 1. The number of H-pyrrole nitrogens is 1. The molecule has 1 fully saturated rings. The van der Waals surface area contributed by atoms with Gasteiger partial charge in [-0.25, -0.2) is 13.4 Å². The van der Waals surface area contributed by atoms with Crippen molar-refractivity contribution in [3.8, 4) is 5.88 Å². The number of hydrogen-bond donors (Lipinski definition) is 1. The first kappa shape index (κ1) is 21.1. The van der Waals surface area contributed by atoms with Crippen LogP contribution in [0.3, 0.4) is 0 Å². The Bertz CT molecular complexity index is 1170. The van der Waals surface area contributed by atoms with Gasteiger partial charge in [0.1, 0.15) is 6.10 Å². The molecule has 1 aromatic carbocycles. The molecular weight excluding hydrogens is 418 g/mol. The average Bonchev–Trinajstić information content (AvgIpc) is 3.23. The number of carbonyl (C=O) groups excluding carboxylic acids is 1. The lowest BCUT2D eigenvalue weighted by molar-refractivity contribution is 0.0584. The minimum absolute atomic E-state index is 0.0209. The number of rotatable bonds is 6. The molecule has 1 aliphatic rings. The lowest BCUT2D eigenvalue weighted by Crippen LogP contribution is -2.42. The lowest BCUT2D eigenvalue weighted by atomic mass is 10.1. The van der Waals surface area contributed by atoms with E-state index in [9.17, 15) is 13.2 Å². The minimum Gasteiger partial charge on any atom is -0.474 e. The molecule has 0 spiro atoms. The van der Waals surface area contributed by atoms with Gasteiger partial charge in [-0.2, -0.15) is 5.10 Å². The molecule has 4 rings (SSSR count). The molecule has 3 heterocycles. The first-order valence-corrected chi connectivity index (χ1v) is 11.8. The van der Waals surface area contributed by atoms with E-state index in [1.807, 2.05) is 24.3 Å². The van der Waals surface area contributed by atoms with E-state index in [2.05, 4.69) is 15.2 Å². The number of aromatic nitrogens is 3. The Morgan fingerprint density at radius 1 is 1.23 bits per heavy atom. The summed E-state index contributed by atoms with van der Waals surface area (Å²) in [4.78, 5) is 18.9. The number of ether oxygens (including phenoxy) is 1. The molecule has 0 saturated carbocycles. The third-order valence-electron chi connectivity index (χ3n) is 5.56. The maximum absolute atomic E-state index is 12.9. The van der Waals surface area contributed by atoms with Crippen LogP contribution in [0.2, 0.25) is 0 Å². The number of sulfonamides is 1. The quantitative estimate of drug-likeness (QED) is 0.627. The second kappa shape index (κ2) is 8.54. The normalized spacial score (nSPS) is 15.2. The molecule has 2 aromatic heterocycles. The first-order chi connectivity index (χ1) is 14.9. The topological polar surface area (TPSA) is 108 Å². The van der Waals surface area contributed by atoms with Crippen LogP contribution < -0.4 is 9.04 Å². The molecule has 1 amide bonds. The number of pyridine rings is 1. The average molecular weight is 444 g/mol. The Labute approximate surface area is 181 Å². The number of nitrogens with one attached hydrogen (secondary N) is 1. The molecule has 0 unspecified atom stereocenters. The molecule has 0 atom stereocenters. The lowest BCUT2D eigenvalue weighted by Gasteiger charge is -2.31. The van der Waals surface area contributed by atoms with E-state index in [1.165, 1.54) is 17.5 Å². The molecule has 10 heteroatoms. The Morgan fingerprint density at radius 2 is 1.97 bits per heavy atom. The molecule has 1 saturated heterocycles. The Morgan fingerprint density at radius 3 is 2.65 bits per heavy atom. The van der Waals surface area contributed by atoms with Gasteiger partial charge in [-0.15, -0.1) is 0 Å². The van der Waals surface area contributed by atoms with Gasteiger partial charge in [-0.3, -0.25) is 14.2 Å². The van der Waals surface area contributed by atoms with Crippen molar-refractivity contribution in [2.24, 2.45) is 0 Å². The van der Waals surface area contributed by atoms with Crippen LogP contribution in [0.4, 0.5) is 5.69 Å². The van der Waals surface area contributed by atoms with Gasteiger partial charge >= 0.3 is 0 Å². The fraction of sp³-hybridized carbons (Fsp3) is 0.381. The monoisotopic (exact) mass is 443 g/mol. The summed E-state index contributed by atoms with van der Waals surface area (Å²) in [6.45, 7) is 2.74. The van der Waals surface area contributed by atoms with Gasteiger partial charge in [0, 0.05) is 44.4 Å². The Hall–Kier alpha value is -3.14. The van der Waals surface area contributed by atoms with E-state index in [-0.39, 0.29) is 17.8 Å². The highest BCUT2D eigenvalue weighted by Crippen LogP contribution is 2.23. The van der Waals surface area contributed by atoms with Crippen molar-refractivity contribution in [3.05, 3.63) is 48.3 Å². The van der Waals surface area contributed by atoms with Gasteiger partial charge in [0.15, 0.2) is 5.69 Å². The van der Waals surface area contributed by atoms with E-state index in [1.54, 1.807) is 24.0 Å². The maximum atomic E-state index is 12.9. The SMILES string of the molecule is CCS(=O)(=O)N(C)c1ccc(OC2CCN(C(=O)c3n[nH]c4ccccc34)CC2)nc1. The molecular formula is C21H25N5O4S. The molecule has 164 valence electrons. The van der Waals surface area contributed by atoms with E-state index in [0.717, 1.165) is 10.9 Å². The van der Waals surface area contributed by atoms with E-state index in [4.69, 9.17) is 4.74 Å². The highest BCUT2D eigenvalue weighted by atomic mass is 32.2. The van der Waals surface area contributed by atoms with Gasteiger partial charge in [-0.05, 0) is 19.1 Å². The van der Waals surface area contributed by atoms with Crippen molar-refractivity contribution in [1.82, 2.24) is 20.1 Å². The number of aromatic amines is 1. The summed E-state index contributed by atoms with van der Waals surface area (Å²) in [5, 5.41) is 7.93. The highest BCUT2D eigenvalue weighted by Gasteiger charge is 2.27. The van der Waals surface area contributed by atoms with E-state index < -0.39 is 10.0 Å². The molecule has 9 nitrogen and oxygen atoms in total. The van der Waals surface area contributed by atoms with Crippen LogP contribution >= 0.6 is 0 Å². The van der Waals surface area contributed by atoms with Gasteiger partial charge in [-0.1, -0.05) is 18.2 Å². The summed E-state index contributed by atoms with van der Waals surface area (Å²) in [6.07, 6.45) is 2.79. The van der Waals surface area contributed by atoms with E-state index >= 15 is 0 Å². The van der Waals surface area contributed by atoms with Crippen molar-refractivity contribution in [2.75, 3.05) is 30.2 Å². The highest BCUT2D eigenvalue weighted by molar-refractivity contribution is 7.92. The van der Waals surface area contributed by atoms with Crippen molar-refractivity contribution >= 4 is 32.5 Å². The third-order valence-corrected chi connectivity index (χ3v) is 7.33. The van der Waals surface area contributed by atoms with Crippen molar-refractivity contribution in [3.63, 3.8) is 0 Å². The maximum Gasteiger partial charge on any atom is 0.274 e. The molecule has 3 aromatic rings. The predicted octanol–water partition coefficient (Wildman–Crippen LogP) is 2.43. The number of carbonyl (C=O) groups is 1. The summed E-state index contributed by atoms with van der Waals surface area (Å²) in [7, 11) is -1.82. The largest absolute Gasteiger partial charge is 0.474 e. The smallest absolute Gasteiger partial charge is 0.274 e. The summed E-state index contributed by atoms with van der Waals surface area (Å²) >= 11 is 0. The molecule has 31 heavy (non-hydrogen) atoms. The van der Waals surface area contributed by atoms with Crippen molar-refractivity contribution in [2.45, 2.75) is 25.9 Å². The van der Waals surface area contributed by atoms with Crippen LogP contribution in [-0.4, -0.2) is 66.4 Å². The van der Waals surface area contributed by atoms with Crippen LogP contribution in [-0.2, 0) is 10.0 Å². The molecule has 1 aliphatic heterocycles. The number of likely N-dealkylation sites (tertiary alicyclic amines) is 1. The van der Waals surface area contributed by atoms with Crippen LogP contribution in [0.25, 0.3) is 10.9 Å². The second-order valence-corrected chi connectivity index (χ2v) is 9.74. The standard InChI is InChI=1S/C21H25N5O4S/c1-3-31(28,29)25(2)15-8-9-19(22-14-15)30-16-10-12-26(13-11-16)21(27)20-17-6-4-5-7-18(17)23-24-20/h4-9,14,16H,3,10-13H2,1-2H3,(H,23,24). The van der Waals surface area contributed by atoms with Crippen LogP contribution in [0.15, 0.2) is 42.6 Å². The fourth-order valence-electron chi connectivity index (χ4n) is 3.61. The predicted molar refractivity (Wildman–Crippen MR) is 118 cm³/mol. The van der Waals surface area contributed by atoms with Crippen LogP contribution in [0.1, 0.15) is 30.3 Å². The first-order valence-electron chi connectivity index (χ1n) is 10.2. The Balaban J connectivity index is 1.34. The number of nitrogens with zero attached hydrogens (tertiary/aromatic N) is 4. The summed E-state index contributed by atoms with van der Waals surface area (Å²) in [6, 6.07) is 10.9. The molecule has 1 N–H and O–H groups in total. The number of amides is 1. The van der Waals surface area contributed by atoms with Gasteiger partial charge in [0.05, 0.1) is 23.2 Å². The zero-order valence-corrected chi connectivity index (χ0v) is 18.3. The number of fused-ring (bicyclic) bond motifs is 1. The second-order valence-electron chi connectivity index (χ2n) is 7.45. The number of piperidine rings is 1. The third kappa shape index (κ3) is 4.34. The van der Waals surface area contributed by atoms with Crippen molar-refractivity contribution in [1.29, 1.82) is 0 Å². The van der Waals surface area contributed by atoms with Gasteiger partial charge in [0.2, 0.25) is 15.9 Å². The van der Waals surface area contributed by atoms with Gasteiger partial charge < -0.3 is 9.64 Å². The zero-order valence-electron chi connectivity index (χ0n) is 17.5. The number of hydrogen-bond acceptors (Lipinski definition) is 6. The zero-order chi connectivity index (χ0) is 22.0. The van der Waals surface area contributed by atoms with Crippen LogP contribution in [0.5, 0.6) is 5.88 Å². The van der Waals surface area contributed by atoms with Crippen molar-refractivity contribution < 1.29 is 17.9 Å². The number of para-hydroxylation sites is 1. The summed E-state index contributed by atoms with van der Waals surface area (Å²) in [5.74, 6) is 0.375. The van der Waals surface area contributed by atoms with E-state index in [0.29, 0.717) is 43.2 Å². The molecule has 0 aliphatic carbocycles. The Kier molecular flexibility index (Phi) is 5.81. The number of anilines is 1. The molecule has 0 radical (unpaired) electrons. The van der Waals surface area contributed by atoms with Crippen LogP contribution in [0, 0.1) is 0 Å².